The van der Waals surface area contributed by atoms with E-state index in [-0.39, 0.29) is 5.90 Å². The maximum absolute atomic E-state index is 5.82. The summed E-state index contributed by atoms with van der Waals surface area (Å²) >= 11 is 17.5. The minimum atomic E-state index is -1.75. The van der Waals surface area contributed by atoms with E-state index in [9.17, 15) is 0 Å². The second-order valence-corrected chi connectivity index (χ2v) is 6.67. The minimum Gasteiger partial charge on any atom is -0.496 e. The van der Waals surface area contributed by atoms with Gasteiger partial charge in [-0.1, -0.05) is 34.8 Å². The van der Waals surface area contributed by atoms with Crippen LogP contribution in [-0.2, 0) is 4.84 Å². The van der Waals surface area contributed by atoms with Gasteiger partial charge in [-0.25, -0.2) is 4.99 Å². The van der Waals surface area contributed by atoms with E-state index >= 15 is 0 Å². The van der Waals surface area contributed by atoms with Crippen molar-refractivity contribution in [3.8, 4) is 17.2 Å². The van der Waals surface area contributed by atoms with Gasteiger partial charge in [0.15, 0.2) is 6.17 Å². The molecule has 0 saturated carbocycles. The second kappa shape index (κ2) is 6.58. The van der Waals surface area contributed by atoms with E-state index in [1.54, 1.807) is 26.3 Å². The summed E-state index contributed by atoms with van der Waals surface area (Å²) in [5, 5.41) is 1.45. The smallest absolute Gasteiger partial charge is 0.268 e. The molecule has 0 saturated heterocycles. The van der Waals surface area contributed by atoms with Crippen molar-refractivity contribution in [2.45, 2.75) is 9.96 Å². The number of ether oxygens (including phenoxy) is 3. The summed E-state index contributed by atoms with van der Waals surface area (Å²) in [5.41, 5.74) is 0.637. The highest BCUT2D eigenvalue weighted by Crippen LogP contribution is 2.44. The molecule has 122 valence electrons. The lowest BCUT2D eigenvalue weighted by molar-refractivity contribution is -0.0601. The summed E-state index contributed by atoms with van der Waals surface area (Å²) in [7, 11) is 6.29. The Kier molecular flexibility index (Phi) is 5.17. The van der Waals surface area contributed by atoms with E-state index in [2.05, 4.69) is 4.99 Å². The van der Waals surface area contributed by atoms with Crippen molar-refractivity contribution < 1.29 is 19.0 Å². The van der Waals surface area contributed by atoms with Gasteiger partial charge in [0.05, 0.1) is 26.9 Å². The molecule has 6 nitrogen and oxygen atoms in total. The van der Waals surface area contributed by atoms with Crippen LogP contribution in [0.2, 0.25) is 0 Å². The van der Waals surface area contributed by atoms with Gasteiger partial charge in [0.1, 0.15) is 17.2 Å². The first-order chi connectivity index (χ1) is 10.3. The largest absolute Gasteiger partial charge is 0.496 e. The highest BCUT2D eigenvalue weighted by molar-refractivity contribution is 6.76. The number of rotatable bonds is 4. The Bertz CT molecular complexity index is 564. The Morgan fingerprint density at radius 1 is 1.09 bits per heavy atom. The molecule has 22 heavy (non-hydrogen) atoms. The molecule has 1 aliphatic rings. The molecule has 0 radical (unpaired) electrons. The van der Waals surface area contributed by atoms with Crippen LogP contribution < -0.4 is 14.2 Å². The molecule has 1 heterocycles. The molecule has 2 rings (SSSR count). The van der Waals surface area contributed by atoms with Crippen LogP contribution in [0, 0.1) is 0 Å². The van der Waals surface area contributed by atoms with E-state index in [0.29, 0.717) is 22.8 Å². The molecule has 0 bridgehead atoms. The summed E-state index contributed by atoms with van der Waals surface area (Å²) in [6, 6.07) is 3.43. The van der Waals surface area contributed by atoms with Crippen molar-refractivity contribution >= 4 is 40.7 Å². The maximum atomic E-state index is 5.82. The Morgan fingerprint density at radius 3 is 2.00 bits per heavy atom. The number of aliphatic imine (C=N–C) groups is 1. The molecule has 0 aliphatic carbocycles. The number of hydroxylamine groups is 2. The highest BCUT2D eigenvalue weighted by Gasteiger charge is 2.41. The summed E-state index contributed by atoms with van der Waals surface area (Å²) in [5.74, 6) is 1.60. The fourth-order valence-corrected chi connectivity index (χ4v) is 2.31. The number of methoxy groups -OCH3 is 3. The van der Waals surface area contributed by atoms with Gasteiger partial charge in [0.25, 0.3) is 9.69 Å². The van der Waals surface area contributed by atoms with Crippen molar-refractivity contribution in [2.24, 2.45) is 4.99 Å². The van der Waals surface area contributed by atoms with Crippen LogP contribution in [0.5, 0.6) is 17.2 Å². The van der Waals surface area contributed by atoms with Gasteiger partial charge in [-0.15, -0.1) is 5.06 Å². The number of nitrogens with zero attached hydrogens (tertiary/aromatic N) is 2. The predicted octanol–water partition coefficient (Wildman–Crippen LogP) is 3.36. The molecule has 1 aliphatic heterocycles. The molecule has 0 spiro atoms. The van der Waals surface area contributed by atoms with Gasteiger partial charge in [0.2, 0.25) is 0 Å². The van der Waals surface area contributed by atoms with E-state index < -0.39 is 9.96 Å². The summed E-state index contributed by atoms with van der Waals surface area (Å²) < 4.78 is 14.3. The molecule has 0 amide bonds. The van der Waals surface area contributed by atoms with Crippen LogP contribution in [0.1, 0.15) is 11.7 Å². The van der Waals surface area contributed by atoms with Gasteiger partial charge >= 0.3 is 0 Å². The quantitative estimate of drug-likeness (QED) is 0.762. The molecule has 1 aromatic rings. The van der Waals surface area contributed by atoms with Crippen molar-refractivity contribution in [1.29, 1.82) is 0 Å². The Morgan fingerprint density at radius 2 is 1.64 bits per heavy atom. The Balaban J connectivity index is 2.54. The molecular weight excluding hydrogens is 355 g/mol. The number of hydrogen-bond donors (Lipinski definition) is 0. The van der Waals surface area contributed by atoms with Crippen LogP contribution in [0.4, 0.5) is 0 Å². The molecule has 0 aromatic heterocycles. The summed E-state index contributed by atoms with van der Waals surface area (Å²) in [6.07, 6.45) is -0.582. The van der Waals surface area contributed by atoms with E-state index in [1.165, 1.54) is 19.3 Å². The van der Waals surface area contributed by atoms with Crippen molar-refractivity contribution in [1.82, 2.24) is 5.06 Å². The summed E-state index contributed by atoms with van der Waals surface area (Å²) in [6.45, 7) is 0. The lowest BCUT2D eigenvalue weighted by atomic mass is 10.1. The highest BCUT2D eigenvalue weighted by atomic mass is 35.6. The van der Waals surface area contributed by atoms with Crippen molar-refractivity contribution in [3.05, 3.63) is 17.7 Å². The number of hydrogen-bond acceptors (Lipinski definition) is 6. The van der Waals surface area contributed by atoms with E-state index in [1.807, 2.05) is 0 Å². The van der Waals surface area contributed by atoms with Crippen molar-refractivity contribution in [3.63, 3.8) is 0 Å². The second-order valence-electron chi connectivity index (χ2n) is 4.39. The fourth-order valence-electron chi connectivity index (χ4n) is 2.06. The zero-order chi connectivity index (χ0) is 16.5. The third-order valence-corrected chi connectivity index (χ3v) is 3.55. The molecule has 9 heteroatoms. The molecule has 1 unspecified atom stereocenters. The van der Waals surface area contributed by atoms with Gasteiger partial charge in [-0.3, -0.25) is 0 Å². The minimum absolute atomic E-state index is 0.0232. The normalized spacial score (nSPS) is 18.7. The number of benzene rings is 1. The van der Waals surface area contributed by atoms with Crippen LogP contribution in [-0.4, -0.2) is 43.1 Å². The maximum Gasteiger partial charge on any atom is 0.268 e. The van der Waals surface area contributed by atoms with Gasteiger partial charge < -0.3 is 19.0 Å². The number of halogens is 3. The summed E-state index contributed by atoms with van der Waals surface area (Å²) in [4.78, 5) is 9.70. The van der Waals surface area contributed by atoms with Crippen LogP contribution in [0.3, 0.4) is 0 Å². The lowest BCUT2D eigenvalue weighted by Gasteiger charge is -2.21. The predicted molar refractivity (Wildman–Crippen MR) is 85.4 cm³/mol. The third-order valence-electron chi connectivity index (χ3n) is 3.07. The van der Waals surface area contributed by atoms with Crippen molar-refractivity contribution in [2.75, 3.05) is 28.4 Å². The van der Waals surface area contributed by atoms with Crippen LogP contribution in [0.15, 0.2) is 17.1 Å². The molecule has 1 atom stereocenters. The zero-order valence-corrected chi connectivity index (χ0v) is 14.7. The average Bonchev–Trinajstić information content (AvgIpc) is 2.87. The molecule has 0 fully saturated rings. The van der Waals surface area contributed by atoms with E-state index in [0.717, 1.165) is 0 Å². The monoisotopic (exact) mass is 368 g/mol. The fraction of sp³-hybridized carbons (Fsp3) is 0.462. The molecular formula is C13H15Cl3N2O4. The van der Waals surface area contributed by atoms with Gasteiger partial charge in [-0.05, 0) is 0 Å². The van der Waals surface area contributed by atoms with Gasteiger partial charge in [-0.2, -0.15) is 0 Å². The first kappa shape index (κ1) is 17.3. The molecule has 0 N–H and O–H groups in total. The zero-order valence-electron chi connectivity index (χ0n) is 12.4. The Labute approximate surface area is 143 Å². The number of alkyl halides is 3. The average molecular weight is 370 g/mol. The lowest BCUT2D eigenvalue weighted by Crippen LogP contribution is -2.24. The topological polar surface area (TPSA) is 52.5 Å². The van der Waals surface area contributed by atoms with Crippen LogP contribution >= 0.6 is 34.8 Å². The molecule has 1 aromatic carbocycles. The Hall–Kier alpha value is -1.08. The third kappa shape index (κ3) is 3.30. The standard InChI is InChI=1S/C13H15Cl3N2O4/c1-18-11(17-12(22-18)13(14,15)16)10-8(20-3)5-7(19-2)6-9(10)21-4/h5-6,11H,1-4H3. The van der Waals surface area contributed by atoms with Crippen LogP contribution in [0.25, 0.3) is 0 Å². The first-order valence-corrected chi connectivity index (χ1v) is 7.31. The van der Waals surface area contributed by atoms with E-state index in [4.69, 9.17) is 53.9 Å². The van der Waals surface area contributed by atoms with Gasteiger partial charge in [0, 0.05) is 19.2 Å². The SMILES string of the molecule is COc1cc(OC)c(C2N=C(C(Cl)(Cl)Cl)ON2C)c(OC)c1. The first-order valence-electron chi connectivity index (χ1n) is 6.17.